The average molecular weight is 429 g/mol. The largest absolute Gasteiger partial charge is 0.504 e. The number of nitrogens with one attached hydrogen (secondary N) is 1. The lowest BCUT2D eigenvalue weighted by atomic mass is 9.69. The number of ether oxygens (including phenoxy) is 3. The maximum atomic E-state index is 13.6. The van der Waals surface area contributed by atoms with E-state index in [0.717, 1.165) is 0 Å². The van der Waals surface area contributed by atoms with Crippen molar-refractivity contribution in [3.63, 3.8) is 0 Å². The van der Waals surface area contributed by atoms with Gasteiger partial charge in [0.05, 0.1) is 26.4 Å². The predicted octanol–water partition coefficient (Wildman–Crippen LogP) is 2.58. The number of aromatic hydroxyl groups is 1. The van der Waals surface area contributed by atoms with Crippen molar-refractivity contribution >= 4 is 17.7 Å². The smallest absolute Gasteiger partial charge is 0.336 e. The lowest BCUT2D eigenvalue weighted by Crippen LogP contribution is -2.43. The number of phenolic OH excluding ortho intramolecular Hbond substituents is 1. The molecule has 0 spiro atoms. The summed E-state index contributed by atoms with van der Waals surface area (Å²) in [5, 5.41) is 13.2. The lowest BCUT2D eigenvalue weighted by Gasteiger charge is -2.38. The quantitative estimate of drug-likeness (QED) is 0.543. The van der Waals surface area contributed by atoms with Gasteiger partial charge in [0, 0.05) is 22.9 Å². The van der Waals surface area contributed by atoms with Gasteiger partial charge in [-0.25, -0.2) is 4.79 Å². The zero-order valence-electron chi connectivity index (χ0n) is 18.3. The Morgan fingerprint density at radius 3 is 2.58 bits per heavy atom. The van der Waals surface area contributed by atoms with Crippen molar-refractivity contribution in [1.29, 1.82) is 0 Å². The van der Waals surface area contributed by atoms with Gasteiger partial charge in [0.2, 0.25) is 0 Å². The molecule has 3 atom stereocenters. The van der Waals surface area contributed by atoms with E-state index in [2.05, 4.69) is 5.32 Å². The Labute approximate surface area is 180 Å². The van der Waals surface area contributed by atoms with Gasteiger partial charge in [-0.3, -0.25) is 9.59 Å². The van der Waals surface area contributed by atoms with Crippen molar-refractivity contribution in [3.8, 4) is 11.5 Å². The van der Waals surface area contributed by atoms with E-state index in [4.69, 9.17) is 14.2 Å². The fraction of sp³-hybridized carbons (Fsp3) is 0.435. The van der Waals surface area contributed by atoms with Crippen LogP contribution in [0.1, 0.15) is 38.7 Å². The summed E-state index contributed by atoms with van der Waals surface area (Å²) in [7, 11) is 2.67. The van der Waals surface area contributed by atoms with Gasteiger partial charge in [-0.1, -0.05) is 13.0 Å². The van der Waals surface area contributed by atoms with Crippen molar-refractivity contribution in [1.82, 2.24) is 5.32 Å². The summed E-state index contributed by atoms with van der Waals surface area (Å²) in [6, 6.07) is 4.66. The molecule has 0 amide bonds. The number of esters is 2. The number of allylic oxidation sites excluding steroid dienone is 3. The molecule has 0 radical (unpaired) electrons. The van der Waals surface area contributed by atoms with Crippen LogP contribution in [0.4, 0.5) is 0 Å². The van der Waals surface area contributed by atoms with Crippen LogP contribution < -0.4 is 10.1 Å². The molecule has 0 saturated carbocycles. The van der Waals surface area contributed by atoms with Gasteiger partial charge in [-0.05, 0) is 43.9 Å². The monoisotopic (exact) mass is 429 g/mol. The Bertz CT molecular complexity index is 992. The van der Waals surface area contributed by atoms with Crippen LogP contribution in [0.25, 0.3) is 0 Å². The molecule has 0 fully saturated rings. The maximum absolute atomic E-state index is 13.6. The van der Waals surface area contributed by atoms with Crippen molar-refractivity contribution in [2.45, 2.75) is 33.1 Å². The third-order valence-electron chi connectivity index (χ3n) is 5.78. The van der Waals surface area contributed by atoms with Crippen LogP contribution in [0.5, 0.6) is 11.5 Å². The maximum Gasteiger partial charge on any atom is 0.336 e. The highest BCUT2D eigenvalue weighted by atomic mass is 16.5. The molecule has 1 aromatic rings. The van der Waals surface area contributed by atoms with Crippen LogP contribution in [-0.2, 0) is 23.9 Å². The Morgan fingerprint density at radius 1 is 1.26 bits per heavy atom. The first kappa shape index (κ1) is 22.4. The molecule has 1 aliphatic heterocycles. The highest BCUT2D eigenvalue weighted by Crippen LogP contribution is 2.46. The van der Waals surface area contributed by atoms with Gasteiger partial charge in [0.25, 0.3) is 0 Å². The van der Waals surface area contributed by atoms with E-state index in [0.29, 0.717) is 29.0 Å². The number of carbonyl (C=O) groups is 3. The Balaban J connectivity index is 2.22. The van der Waals surface area contributed by atoms with Crippen molar-refractivity contribution < 1.29 is 33.7 Å². The Hall–Kier alpha value is -3.29. The first-order valence-electron chi connectivity index (χ1n) is 10.1. The Morgan fingerprint density at radius 2 is 1.97 bits per heavy atom. The zero-order valence-corrected chi connectivity index (χ0v) is 18.3. The third-order valence-corrected chi connectivity index (χ3v) is 5.78. The minimum Gasteiger partial charge on any atom is -0.504 e. The number of dihydropyridines is 1. The van der Waals surface area contributed by atoms with E-state index >= 15 is 0 Å². The van der Waals surface area contributed by atoms with Crippen LogP contribution in [0.2, 0.25) is 0 Å². The van der Waals surface area contributed by atoms with E-state index in [1.807, 2.05) is 6.92 Å². The molecule has 166 valence electrons. The number of hydrogen-bond donors (Lipinski definition) is 2. The summed E-state index contributed by atoms with van der Waals surface area (Å²) < 4.78 is 15.4. The fourth-order valence-corrected chi connectivity index (χ4v) is 4.37. The van der Waals surface area contributed by atoms with Crippen molar-refractivity contribution in [2.24, 2.45) is 11.8 Å². The van der Waals surface area contributed by atoms with E-state index < -0.39 is 23.8 Å². The Kier molecular flexibility index (Phi) is 6.38. The van der Waals surface area contributed by atoms with Crippen LogP contribution >= 0.6 is 0 Å². The highest BCUT2D eigenvalue weighted by Gasteiger charge is 2.47. The standard InChI is InChI=1S/C23H27NO7/c1-6-31-23(28)18-12(3)24-14-9-11(2)17(22(27)30-5)21(26)20(14)19(18)13-7-8-15(25)16(10-13)29-4/h7-8,10-11,17,19,24-25H,6,9H2,1-5H3/t11-,17+,19-/m0/s1. The average Bonchev–Trinajstić information content (AvgIpc) is 2.73. The summed E-state index contributed by atoms with van der Waals surface area (Å²) in [6.45, 7) is 5.45. The lowest BCUT2D eigenvalue weighted by molar-refractivity contribution is -0.151. The van der Waals surface area contributed by atoms with E-state index in [9.17, 15) is 19.5 Å². The molecule has 0 bridgehead atoms. The molecular formula is C23H27NO7. The van der Waals surface area contributed by atoms with Crippen LogP contribution in [0.3, 0.4) is 0 Å². The molecule has 8 heteroatoms. The molecule has 2 aliphatic rings. The molecule has 8 nitrogen and oxygen atoms in total. The number of ketones is 1. The molecule has 0 aromatic heterocycles. The van der Waals surface area contributed by atoms with Crippen molar-refractivity contribution in [2.75, 3.05) is 20.8 Å². The van der Waals surface area contributed by atoms with Gasteiger partial charge in [-0.2, -0.15) is 0 Å². The van der Waals surface area contributed by atoms with Crippen molar-refractivity contribution in [3.05, 3.63) is 46.3 Å². The number of benzene rings is 1. The van der Waals surface area contributed by atoms with Gasteiger partial charge in [-0.15, -0.1) is 0 Å². The second-order valence-corrected chi connectivity index (χ2v) is 7.69. The molecular weight excluding hydrogens is 402 g/mol. The fourth-order valence-electron chi connectivity index (χ4n) is 4.37. The zero-order chi connectivity index (χ0) is 22.9. The minimum absolute atomic E-state index is 0.0659. The number of Topliss-reactive ketones (excluding diaryl/α,β-unsaturated/α-hetero) is 1. The van der Waals surface area contributed by atoms with Gasteiger partial charge >= 0.3 is 11.9 Å². The third kappa shape index (κ3) is 3.89. The molecule has 1 aliphatic carbocycles. The van der Waals surface area contributed by atoms with Crippen LogP contribution in [0.15, 0.2) is 40.7 Å². The second-order valence-electron chi connectivity index (χ2n) is 7.69. The predicted molar refractivity (Wildman–Crippen MR) is 111 cm³/mol. The summed E-state index contributed by atoms with van der Waals surface area (Å²) in [5.74, 6) is -3.42. The molecule has 1 heterocycles. The number of rotatable bonds is 5. The number of hydrogen-bond acceptors (Lipinski definition) is 8. The SMILES string of the molecule is CCOC(=O)C1=C(C)NC2=C(C(=O)[C@H](C(=O)OC)[C@@H](C)C2)[C@H]1c1ccc(O)c(OC)c1. The first-order valence-corrected chi connectivity index (χ1v) is 10.1. The molecule has 0 saturated heterocycles. The number of carbonyl (C=O) groups excluding carboxylic acids is 3. The van der Waals surface area contributed by atoms with Gasteiger partial charge in [0.1, 0.15) is 5.92 Å². The van der Waals surface area contributed by atoms with Crippen LogP contribution in [-0.4, -0.2) is 43.7 Å². The number of methoxy groups -OCH3 is 2. The molecule has 3 rings (SSSR count). The summed E-state index contributed by atoms with van der Waals surface area (Å²) in [6.07, 6.45) is 0.444. The van der Waals surface area contributed by atoms with Gasteiger partial charge < -0.3 is 24.6 Å². The molecule has 0 unspecified atom stereocenters. The van der Waals surface area contributed by atoms with E-state index in [1.54, 1.807) is 26.0 Å². The molecule has 1 aromatic carbocycles. The normalized spacial score (nSPS) is 23.1. The summed E-state index contributed by atoms with van der Waals surface area (Å²) in [5.41, 5.74) is 2.42. The molecule has 2 N–H and O–H groups in total. The van der Waals surface area contributed by atoms with Crippen LogP contribution in [0, 0.1) is 11.8 Å². The second kappa shape index (κ2) is 8.83. The highest BCUT2D eigenvalue weighted by molar-refractivity contribution is 6.12. The van der Waals surface area contributed by atoms with E-state index in [-0.39, 0.29) is 35.4 Å². The topological polar surface area (TPSA) is 111 Å². The van der Waals surface area contributed by atoms with Gasteiger partial charge in [0.15, 0.2) is 17.3 Å². The first-order chi connectivity index (χ1) is 14.7. The molecule has 31 heavy (non-hydrogen) atoms. The number of phenols is 1. The van der Waals surface area contributed by atoms with E-state index in [1.165, 1.54) is 20.3 Å². The summed E-state index contributed by atoms with van der Waals surface area (Å²) in [4.78, 5) is 38.8. The summed E-state index contributed by atoms with van der Waals surface area (Å²) >= 11 is 0. The minimum atomic E-state index is -0.964.